The largest absolute Gasteiger partial charge is 0.391 e. The number of azide groups is 1. The Morgan fingerprint density at radius 3 is 3.00 bits per heavy atom. The van der Waals surface area contributed by atoms with Crippen molar-refractivity contribution in [1.29, 1.82) is 0 Å². The number of hydrogen-bond acceptors (Lipinski definition) is 3. The van der Waals surface area contributed by atoms with E-state index in [0.29, 0.717) is 13.1 Å². The molecule has 1 heterocycles. The molecule has 0 aromatic heterocycles. The number of hydrogen-bond donors (Lipinski definition) is 2. The molecule has 10 heavy (non-hydrogen) atoms. The van der Waals surface area contributed by atoms with Crippen molar-refractivity contribution in [2.24, 2.45) is 11.0 Å². The van der Waals surface area contributed by atoms with E-state index >= 15 is 0 Å². The molecule has 0 aliphatic carbocycles. The summed E-state index contributed by atoms with van der Waals surface area (Å²) in [6, 6.07) is 0. The fourth-order valence-electron chi connectivity index (χ4n) is 1.05. The summed E-state index contributed by atoms with van der Waals surface area (Å²) in [4.78, 5) is 2.62. The summed E-state index contributed by atoms with van der Waals surface area (Å²) in [7, 11) is 0. The minimum absolute atomic E-state index is 0.107. The zero-order valence-electron chi connectivity index (χ0n) is 5.56. The molecule has 56 valence electrons. The molecular weight excluding hydrogens is 132 g/mol. The van der Waals surface area contributed by atoms with Gasteiger partial charge in [0.05, 0.1) is 6.10 Å². The quantitative estimate of drug-likeness (QED) is 0.320. The third kappa shape index (κ3) is 1.60. The monoisotopic (exact) mass is 142 g/mol. The van der Waals surface area contributed by atoms with Gasteiger partial charge in [-0.1, -0.05) is 5.11 Å². The van der Waals surface area contributed by atoms with Crippen LogP contribution in [0.1, 0.15) is 0 Å². The van der Waals surface area contributed by atoms with Crippen LogP contribution in [0.25, 0.3) is 10.4 Å². The van der Waals surface area contributed by atoms with Crippen LogP contribution in [0.4, 0.5) is 0 Å². The topological polar surface area (TPSA) is 81.0 Å². The van der Waals surface area contributed by atoms with Crippen molar-refractivity contribution in [2.75, 3.05) is 19.6 Å². The molecule has 0 aromatic rings. The van der Waals surface area contributed by atoms with Crippen molar-refractivity contribution in [3.05, 3.63) is 10.4 Å². The van der Waals surface area contributed by atoms with Crippen LogP contribution in [-0.4, -0.2) is 30.8 Å². The molecule has 2 atom stereocenters. The summed E-state index contributed by atoms with van der Waals surface area (Å²) in [5, 5.41) is 15.6. The lowest BCUT2D eigenvalue weighted by molar-refractivity contribution is 0.151. The molecule has 0 saturated carbocycles. The number of nitrogens with one attached hydrogen (secondary N) is 1. The maximum atomic E-state index is 9.17. The van der Waals surface area contributed by atoms with E-state index in [0.717, 1.165) is 6.54 Å². The zero-order valence-corrected chi connectivity index (χ0v) is 5.56. The minimum atomic E-state index is -0.342. The van der Waals surface area contributed by atoms with Crippen LogP contribution < -0.4 is 5.32 Å². The summed E-state index contributed by atoms with van der Waals surface area (Å²) < 4.78 is 0. The first-order chi connectivity index (χ1) is 4.84. The van der Waals surface area contributed by atoms with Crippen molar-refractivity contribution in [3.63, 3.8) is 0 Å². The van der Waals surface area contributed by atoms with Gasteiger partial charge in [0.1, 0.15) is 0 Å². The summed E-state index contributed by atoms with van der Waals surface area (Å²) in [5.41, 5.74) is 7.97. The van der Waals surface area contributed by atoms with E-state index in [1.807, 2.05) is 0 Å². The van der Waals surface area contributed by atoms with Gasteiger partial charge >= 0.3 is 0 Å². The van der Waals surface area contributed by atoms with Crippen LogP contribution in [0.15, 0.2) is 5.11 Å². The summed E-state index contributed by atoms with van der Waals surface area (Å²) in [6.45, 7) is 1.76. The van der Waals surface area contributed by atoms with Gasteiger partial charge in [0.15, 0.2) is 0 Å². The molecule has 1 rings (SSSR count). The molecule has 2 unspecified atom stereocenters. The minimum Gasteiger partial charge on any atom is -0.391 e. The second kappa shape index (κ2) is 3.41. The van der Waals surface area contributed by atoms with Crippen molar-refractivity contribution < 1.29 is 5.11 Å². The Morgan fingerprint density at radius 2 is 2.50 bits per heavy atom. The number of aliphatic hydroxyl groups excluding tert-OH is 1. The van der Waals surface area contributed by atoms with Gasteiger partial charge in [0.2, 0.25) is 0 Å². The zero-order chi connectivity index (χ0) is 7.40. The molecule has 0 aromatic carbocycles. The molecule has 1 fully saturated rings. The average molecular weight is 142 g/mol. The second-order valence-electron chi connectivity index (χ2n) is 2.40. The predicted molar refractivity (Wildman–Crippen MR) is 36.4 cm³/mol. The fraction of sp³-hybridized carbons (Fsp3) is 1.00. The van der Waals surface area contributed by atoms with Gasteiger partial charge in [0, 0.05) is 30.5 Å². The number of β-amino-alcohol motifs (C(OH)–C–C–N with tert-alkyl or cyclic N) is 1. The van der Waals surface area contributed by atoms with E-state index < -0.39 is 0 Å². The van der Waals surface area contributed by atoms with E-state index in [1.54, 1.807) is 0 Å². The van der Waals surface area contributed by atoms with E-state index in [9.17, 15) is 0 Å². The van der Waals surface area contributed by atoms with Crippen molar-refractivity contribution in [3.8, 4) is 0 Å². The predicted octanol–water partition coefficient (Wildman–Crippen LogP) is -0.123. The third-order valence-corrected chi connectivity index (χ3v) is 1.68. The van der Waals surface area contributed by atoms with E-state index in [-0.39, 0.29) is 12.0 Å². The highest BCUT2D eigenvalue weighted by Gasteiger charge is 2.23. The molecule has 1 aliphatic rings. The average Bonchev–Trinajstić information content (AvgIpc) is 2.31. The Balaban J connectivity index is 2.32. The van der Waals surface area contributed by atoms with Crippen LogP contribution in [-0.2, 0) is 0 Å². The maximum absolute atomic E-state index is 9.17. The standard InChI is InChI=1S/C5H10N4O/c6-9-8-2-4-1-7-3-5(4)10/h4-5,7,10H,1-3H2. The molecule has 5 heteroatoms. The normalized spacial score (nSPS) is 31.7. The highest BCUT2D eigenvalue weighted by Crippen LogP contribution is 2.08. The van der Waals surface area contributed by atoms with Crippen molar-refractivity contribution in [1.82, 2.24) is 5.32 Å². The van der Waals surface area contributed by atoms with Gasteiger partial charge in [-0.2, -0.15) is 0 Å². The Bertz CT molecular complexity index is 154. The van der Waals surface area contributed by atoms with Crippen LogP contribution >= 0.6 is 0 Å². The van der Waals surface area contributed by atoms with Gasteiger partial charge < -0.3 is 10.4 Å². The highest BCUT2D eigenvalue weighted by atomic mass is 16.3. The lowest BCUT2D eigenvalue weighted by atomic mass is 10.1. The first kappa shape index (κ1) is 7.34. The highest BCUT2D eigenvalue weighted by molar-refractivity contribution is 4.81. The van der Waals surface area contributed by atoms with Gasteiger partial charge in [-0.3, -0.25) is 0 Å². The maximum Gasteiger partial charge on any atom is 0.0706 e. The van der Waals surface area contributed by atoms with Crippen LogP contribution in [0.3, 0.4) is 0 Å². The SMILES string of the molecule is [N-]=[N+]=NCC1CNCC1O. The van der Waals surface area contributed by atoms with E-state index in [1.165, 1.54) is 0 Å². The lowest BCUT2D eigenvalue weighted by Crippen LogP contribution is -2.19. The molecule has 1 aliphatic heterocycles. The second-order valence-corrected chi connectivity index (χ2v) is 2.40. The molecular formula is C5H10N4O. The summed E-state index contributed by atoms with van der Waals surface area (Å²) >= 11 is 0. The third-order valence-electron chi connectivity index (χ3n) is 1.68. The molecule has 0 amide bonds. The fourth-order valence-corrected chi connectivity index (χ4v) is 1.05. The summed E-state index contributed by atoms with van der Waals surface area (Å²) in [6.07, 6.45) is -0.342. The van der Waals surface area contributed by atoms with Gasteiger partial charge in [-0.05, 0) is 5.53 Å². The lowest BCUT2D eigenvalue weighted by Gasteiger charge is -2.07. The molecule has 2 N–H and O–H groups in total. The van der Waals surface area contributed by atoms with Gasteiger partial charge in [0.25, 0.3) is 0 Å². The van der Waals surface area contributed by atoms with Crippen LogP contribution in [0.5, 0.6) is 0 Å². The molecule has 5 nitrogen and oxygen atoms in total. The van der Waals surface area contributed by atoms with Crippen LogP contribution in [0.2, 0.25) is 0 Å². The first-order valence-electron chi connectivity index (χ1n) is 3.24. The first-order valence-corrected chi connectivity index (χ1v) is 3.24. The Hall–Kier alpha value is -0.770. The molecule has 0 spiro atoms. The number of nitrogens with zero attached hydrogens (tertiary/aromatic N) is 3. The van der Waals surface area contributed by atoms with E-state index in [4.69, 9.17) is 10.6 Å². The smallest absolute Gasteiger partial charge is 0.0706 e. The number of rotatable bonds is 2. The van der Waals surface area contributed by atoms with Crippen molar-refractivity contribution >= 4 is 0 Å². The Morgan fingerprint density at radius 1 is 1.70 bits per heavy atom. The Labute approximate surface area is 58.7 Å². The molecule has 1 saturated heterocycles. The van der Waals surface area contributed by atoms with Gasteiger partial charge in [-0.25, -0.2) is 0 Å². The summed E-state index contributed by atoms with van der Waals surface area (Å²) in [5.74, 6) is 0.107. The number of aliphatic hydroxyl groups is 1. The Kier molecular flexibility index (Phi) is 2.50. The molecule has 0 radical (unpaired) electrons. The van der Waals surface area contributed by atoms with Gasteiger partial charge in [-0.15, -0.1) is 0 Å². The van der Waals surface area contributed by atoms with Crippen LogP contribution in [0, 0.1) is 5.92 Å². The molecule has 0 bridgehead atoms. The van der Waals surface area contributed by atoms with Crippen molar-refractivity contribution in [2.45, 2.75) is 6.10 Å². The van der Waals surface area contributed by atoms with E-state index in [2.05, 4.69) is 15.3 Å².